The van der Waals surface area contributed by atoms with Crippen molar-refractivity contribution >= 4 is 11.8 Å². The Morgan fingerprint density at radius 2 is 1.95 bits per heavy atom. The first-order valence-corrected chi connectivity index (χ1v) is 6.51. The minimum atomic E-state index is -0.626. The Hall–Kier alpha value is -1.88. The highest BCUT2D eigenvalue weighted by molar-refractivity contribution is 5.87. The molecular formula is C14H19N3O2. The number of hydrogen-bond acceptors (Lipinski definition) is 3. The average Bonchev–Trinajstić information content (AvgIpc) is 3.19. The molecule has 1 saturated carbocycles. The van der Waals surface area contributed by atoms with Gasteiger partial charge < -0.3 is 16.4 Å². The molecule has 1 unspecified atom stereocenters. The molecule has 5 nitrogen and oxygen atoms in total. The van der Waals surface area contributed by atoms with Crippen molar-refractivity contribution in [1.29, 1.82) is 0 Å². The van der Waals surface area contributed by atoms with Crippen molar-refractivity contribution in [2.45, 2.75) is 37.9 Å². The molecule has 19 heavy (non-hydrogen) atoms. The molecule has 2 rings (SSSR count). The largest absolute Gasteiger partial charge is 0.368 e. The minimum absolute atomic E-state index is 0.0959. The van der Waals surface area contributed by atoms with E-state index in [1.54, 1.807) is 0 Å². The first kappa shape index (κ1) is 13.5. The lowest BCUT2D eigenvalue weighted by atomic mass is 10.1. The molecule has 0 spiro atoms. The van der Waals surface area contributed by atoms with E-state index in [-0.39, 0.29) is 12.3 Å². The van der Waals surface area contributed by atoms with Crippen LogP contribution in [-0.4, -0.2) is 23.9 Å². The van der Waals surface area contributed by atoms with E-state index in [1.165, 1.54) is 0 Å². The maximum Gasteiger partial charge on any atom is 0.235 e. The van der Waals surface area contributed by atoms with Gasteiger partial charge in [0.25, 0.3) is 0 Å². The Balaban J connectivity index is 1.81. The van der Waals surface area contributed by atoms with Crippen LogP contribution in [0.2, 0.25) is 0 Å². The summed E-state index contributed by atoms with van der Waals surface area (Å²) in [6, 6.07) is 9.36. The van der Waals surface area contributed by atoms with Crippen molar-refractivity contribution in [3.05, 3.63) is 35.9 Å². The van der Waals surface area contributed by atoms with E-state index in [4.69, 9.17) is 5.73 Å². The first-order chi connectivity index (χ1) is 9.15. The summed E-state index contributed by atoms with van der Waals surface area (Å²) in [7, 11) is 0. The van der Waals surface area contributed by atoms with Gasteiger partial charge in [-0.3, -0.25) is 9.59 Å². The maximum atomic E-state index is 11.7. The number of benzene rings is 1. The van der Waals surface area contributed by atoms with Crippen LogP contribution in [0.1, 0.15) is 24.8 Å². The third kappa shape index (κ3) is 4.71. The molecule has 1 aromatic carbocycles. The molecule has 1 aromatic rings. The van der Waals surface area contributed by atoms with Gasteiger partial charge in [-0.1, -0.05) is 30.3 Å². The number of carbonyl (C=O) groups excluding carboxylic acids is 2. The van der Waals surface area contributed by atoms with Gasteiger partial charge in [0.2, 0.25) is 11.8 Å². The van der Waals surface area contributed by atoms with Gasteiger partial charge in [0.1, 0.15) is 0 Å². The second-order valence-corrected chi connectivity index (χ2v) is 4.87. The molecule has 0 aromatic heterocycles. The number of nitrogens with two attached hydrogens (primary N) is 1. The summed E-state index contributed by atoms with van der Waals surface area (Å²) in [5.41, 5.74) is 6.37. The molecule has 1 aliphatic carbocycles. The van der Waals surface area contributed by atoms with Gasteiger partial charge in [0.05, 0.1) is 12.5 Å². The third-order valence-electron chi connectivity index (χ3n) is 3.07. The first-order valence-electron chi connectivity index (χ1n) is 6.51. The Kier molecular flexibility index (Phi) is 4.52. The fourth-order valence-corrected chi connectivity index (χ4v) is 1.81. The number of primary amides is 1. The number of carbonyl (C=O) groups is 2. The van der Waals surface area contributed by atoms with Crippen LogP contribution in [0.4, 0.5) is 0 Å². The van der Waals surface area contributed by atoms with Gasteiger partial charge in [-0.15, -0.1) is 0 Å². The van der Waals surface area contributed by atoms with Crippen LogP contribution in [0.15, 0.2) is 30.3 Å². The normalized spacial score (nSPS) is 15.8. The third-order valence-corrected chi connectivity index (χ3v) is 3.07. The standard InChI is InChI=1S/C14H19N3O2/c15-14(19)12(8-13(18)17-11-6-7-11)16-9-10-4-2-1-3-5-10/h1-5,11-12,16H,6-9H2,(H2,15,19)(H,17,18). The fourth-order valence-electron chi connectivity index (χ4n) is 1.81. The minimum Gasteiger partial charge on any atom is -0.368 e. The summed E-state index contributed by atoms with van der Waals surface area (Å²) in [4.78, 5) is 23.0. The van der Waals surface area contributed by atoms with Crippen molar-refractivity contribution in [3.8, 4) is 0 Å². The van der Waals surface area contributed by atoms with E-state index in [2.05, 4.69) is 10.6 Å². The lowest BCUT2D eigenvalue weighted by Crippen LogP contribution is -2.44. The summed E-state index contributed by atoms with van der Waals surface area (Å²) in [5.74, 6) is -0.617. The van der Waals surface area contributed by atoms with Crippen molar-refractivity contribution in [3.63, 3.8) is 0 Å². The molecule has 1 aliphatic rings. The quantitative estimate of drug-likeness (QED) is 0.660. The molecule has 2 amide bonds. The highest BCUT2D eigenvalue weighted by Gasteiger charge is 2.25. The fraction of sp³-hybridized carbons (Fsp3) is 0.429. The molecule has 0 radical (unpaired) electrons. The zero-order chi connectivity index (χ0) is 13.7. The van der Waals surface area contributed by atoms with E-state index in [0.717, 1.165) is 18.4 Å². The monoisotopic (exact) mass is 261 g/mol. The molecule has 0 heterocycles. The van der Waals surface area contributed by atoms with Crippen LogP contribution >= 0.6 is 0 Å². The molecule has 0 aliphatic heterocycles. The predicted octanol–water partition coefficient (Wildman–Crippen LogP) is 0.299. The Bertz CT molecular complexity index is 443. The summed E-state index contributed by atoms with van der Waals surface area (Å²) in [6.45, 7) is 0.519. The number of nitrogens with one attached hydrogen (secondary N) is 2. The van der Waals surface area contributed by atoms with Crippen molar-refractivity contribution in [2.24, 2.45) is 5.73 Å². The van der Waals surface area contributed by atoms with E-state index >= 15 is 0 Å². The smallest absolute Gasteiger partial charge is 0.235 e. The average molecular weight is 261 g/mol. The predicted molar refractivity (Wildman–Crippen MR) is 72.0 cm³/mol. The Labute approximate surface area is 112 Å². The van der Waals surface area contributed by atoms with Gasteiger partial charge in [0, 0.05) is 12.6 Å². The number of rotatable bonds is 7. The van der Waals surface area contributed by atoms with Gasteiger partial charge in [-0.25, -0.2) is 0 Å². The lowest BCUT2D eigenvalue weighted by Gasteiger charge is -2.15. The number of amides is 2. The molecule has 1 atom stereocenters. The lowest BCUT2D eigenvalue weighted by molar-refractivity contribution is -0.126. The van der Waals surface area contributed by atoms with Gasteiger partial charge in [-0.05, 0) is 18.4 Å². The maximum absolute atomic E-state index is 11.7. The molecule has 0 saturated heterocycles. The van der Waals surface area contributed by atoms with Crippen LogP contribution in [0.3, 0.4) is 0 Å². The number of hydrogen-bond donors (Lipinski definition) is 3. The summed E-state index contributed by atoms with van der Waals surface area (Å²) < 4.78 is 0. The molecular weight excluding hydrogens is 242 g/mol. The van der Waals surface area contributed by atoms with Crippen molar-refractivity contribution in [1.82, 2.24) is 10.6 Å². The molecule has 4 N–H and O–H groups in total. The van der Waals surface area contributed by atoms with E-state index in [1.807, 2.05) is 30.3 Å². The summed E-state index contributed by atoms with van der Waals surface area (Å²) in [5, 5.41) is 5.88. The highest BCUT2D eigenvalue weighted by atomic mass is 16.2. The molecule has 1 fully saturated rings. The van der Waals surface area contributed by atoms with E-state index in [0.29, 0.717) is 12.6 Å². The molecule has 102 valence electrons. The van der Waals surface area contributed by atoms with Gasteiger partial charge in [-0.2, -0.15) is 0 Å². The van der Waals surface area contributed by atoms with E-state index < -0.39 is 11.9 Å². The van der Waals surface area contributed by atoms with Crippen LogP contribution in [0, 0.1) is 0 Å². The van der Waals surface area contributed by atoms with Gasteiger partial charge in [0.15, 0.2) is 0 Å². The SMILES string of the molecule is NC(=O)C(CC(=O)NC1CC1)NCc1ccccc1. The van der Waals surface area contributed by atoms with E-state index in [9.17, 15) is 9.59 Å². The Morgan fingerprint density at radius 3 is 2.53 bits per heavy atom. The second-order valence-electron chi connectivity index (χ2n) is 4.87. The van der Waals surface area contributed by atoms with Crippen molar-refractivity contribution < 1.29 is 9.59 Å². The van der Waals surface area contributed by atoms with Gasteiger partial charge >= 0.3 is 0 Å². The van der Waals surface area contributed by atoms with Crippen molar-refractivity contribution in [2.75, 3.05) is 0 Å². The molecule has 0 bridgehead atoms. The summed E-state index contributed by atoms with van der Waals surface area (Å²) >= 11 is 0. The van der Waals surface area contributed by atoms with Crippen LogP contribution < -0.4 is 16.4 Å². The zero-order valence-electron chi connectivity index (χ0n) is 10.8. The Morgan fingerprint density at radius 1 is 1.26 bits per heavy atom. The zero-order valence-corrected chi connectivity index (χ0v) is 10.8. The highest BCUT2D eigenvalue weighted by Crippen LogP contribution is 2.18. The summed E-state index contributed by atoms with van der Waals surface area (Å²) in [6.07, 6.45) is 2.16. The topological polar surface area (TPSA) is 84.2 Å². The van der Waals surface area contributed by atoms with Crippen LogP contribution in [0.25, 0.3) is 0 Å². The molecule has 5 heteroatoms. The second kappa shape index (κ2) is 6.33. The van der Waals surface area contributed by atoms with Crippen LogP contribution in [0.5, 0.6) is 0 Å². The van der Waals surface area contributed by atoms with Crippen LogP contribution in [-0.2, 0) is 16.1 Å².